The fourth-order valence-corrected chi connectivity index (χ4v) is 8.40. The number of aliphatic hydroxyl groups excluding tert-OH is 2. The summed E-state index contributed by atoms with van der Waals surface area (Å²) >= 11 is 0. The fraction of sp³-hybridized carbons (Fsp3) is 0.867. The number of unbranched alkanes of at least 4 members (excludes halogenated alkanes) is 1. The highest BCUT2D eigenvalue weighted by Crippen LogP contribution is 2.67. The van der Waals surface area contributed by atoms with E-state index in [9.17, 15) is 24.9 Å². The lowest BCUT2D eigenvalue weighted by Crippen LogP contribution is -2.86. The van der Waals surface area contributed by atoms with E-state index in [1.807, 2.05) is 13.8 Å². The Labute approximate surface area is 245 Å². The van der Waals surface area contributed by atoms with Crippen LogP contribution in [0.25, 0.3) is 0 Å². The normalized spacial score (nSPS) is 42.9. The van der Waals surface area contributed by atoms with Crippen LogP contribution in [0.4, 0.5) is 0 Å². The van der Waals surface area contributed by atoms with Gasteiger partial charge in [-0.2, -0.15) is 0 Å². The Hall–Kier alpha value is -1.07. The summed E-state index contributed by atoms with van der Waals surface area (Å²) in [6, 6.07) is 0. The molecular formula is C30H52ClNO8. The van der Waals surface area contributed by atoms with Gasteiger partial charge in [-0.3, -0.25) is 9.59 Å². The smallest absolute Gasteiger partial charge is 0.306 e. The summed E-state index contributed by atoms with van der Waals surface area (Å²) in [7, 11) is 0. The second-order valence-corrected chi connectivity index (χ2v) is 13.6. The molecule has 2 heterocycles. The van der Waals surface area contributed by atoms with Gasteiger partial charge in [0, 0.05) is 24.2 Å². The number of nitrogens with zero attached hydrogens (tertiary/aromatic N) is 1. The number of carbonyl (C=O) groups is 2. The molecule has 0 radical (unpaired) electrons. The van der Waals surface area contributed by atoms with Crippen LogP contribution >= 0.6 is 12.4 Å². The number of hydrogen-bond donors (Lipinski definition) is 3. The number of piperidine rings is 1. The highest BCUT2D eigenvalue weighted by Gasteiger charge is 2.81. The molecule has 2 saturated heterocycles. The number of hydrogen-bond acceptors (Lipinski definition) is 8. The van der Waals surface area contributed by atoms with Crippen LogP contribution in [-0.4, -0.2) is 92.2 Å². The van der Waals surface area contributed by atoms with E-state index in [0.29, 0.717) is 19.3 Å². The van der Waals surface area contributed by atoms with E-state index in [-0.39, 0.29) is 30.7 Å². The number of rotatable bonds is 7. The third-order valence-corrected chi connectivity index (χ3v) is 10.6. The van der Waals surface area contributed by atoms with Gasteiger partial charge in [0.25, 0.3) is 0 Å². The van der Waals surface area contributed by atoms with Crippen molar-refractivity contribution in [2.45, 2.75) is 128 Å². The van der Waals surface area contributed by atoms with Crippen LogP contribution in [-0.2, 0) is 19.1 Å². The number of halogens is 1. The summed E-state index contributed by atoms with van der Waals surface area (Å²) in [6.45, 7) is 15.9. The van der Waals surface area contributed by atoms with Gasteiger partial charge in [-0.05, 0) is 77.4 Å². The van der Waals surface area contributed by atoms with E-state index >= 15 is 0 Å². The number of esters is 1. The minimum Gasteiger partial charge on any atom is -0.459 e. The van der Waals surface area contributed by atoms with Crippen LogP contribution in [0.2, 0.25) is 0 Å². The van der Waals surface area contributed by atoms with Crippen molar-refractivity contribution in [2.24, 2.45) is 16.7 Å². The molecule has 4 aliphatic rings. The summed E-state index contributed by atoms with van der Waals surface area (Å²) in [5.41, 5.74) is -7.10. The van der Waals surface area contributed by atoms with Gasteiger partial charge in [0.2, 0.25) is 0 Å². The molecule has 4 fully saturated rings. The van der Waals surface area contributed by atoms with Crippen LogP contribution in [0.1, 0.15) is 92.4 Å². The first-order valence-corrected chi connectivity index (χ1v) is 14.5. The van der Waals surface area contributed by atoms with Gasteiger partial charge in [0.05, 0.1) is 11.7 Å². The molecule has 5 N–H and O–H groups in total. The number of ketones is 1. The molecule has 8 atom stereocenters. The summed E-state index contributed by atoms with van der Waals surface area (Å²) in [5, 5.41) is 35.6. The maximum atomic E-state index is 13.8. The molecule has 2 saturated carbocycles. The van der Waals surface area contributed by atoms with E-state index in [1.165, 1.54) is 32.3 Å². The van der Waals surface area contributed by atoms with E-state index in [4.69, 9.17) is 9.47 Å². The Morgan fingerprint density at radius 1 is 1.12 bits per heavy atom. The first-order valence-electron chi connectivity index (χ1n) is 14.5. The van der Waals surface area contributed by atoms with Gasteiger partial charge in [-0.1, -0.05) is 33.3 Å². The zero-order valence-electron chi connectivity index (χ0n) is 24.9. The van der Waals surface area contributed by atoms with Crippen LogP contribution in [0, 0.1) is 16.7 Å². The molecule has 9 nitrogen and oxygen atoms in total. The van der Waals surface area contributed by atoms with E-state index in [1.54, 1.807) is 13.8 Å². The van der Waals surface area contributed by atoms with E-state index in [0.717, 1.165) is 26.1 Å². The molecular weight excluding hydrogens is 538 g/mol. The topological polar surface area (TPSA) is 148 Å². The maximum absolute atomic E-state index is 13.8. The van der Waals surface area contributed by atoms with Gasteiger partial charge < -0.3 is 35.2 Å². The second kappa shape index (κ2) is 12.3. The van der Waals surface area contributed by atoms with Crippen molar-refractivity contribution in [3.63, 3.8) is 0 Å². The molecule has 40 heavy (non-hydrogen) atoms. The number of fused-ring (bicyclic) bond motifs is 3. The van der Waals surface area contributed by atoms with Crippen molar-refractivity contribution in [1.29, 1.82) is 0 Å². The predicted molar refractivity (Wildman–Crippen MR) is 154 cm³/mol. The predicted octanol–water partition coefficient (Wildman–Crippen LogP) is 2.75. The fourth-order valence-electron chi connectivity index (χ4n) is 8.40. The standard InChI is InChI=1S/C30H49NO7.ClH.H2O/c1-7-27(4)19-21(33)30(36)28(5)20(32)14-15-26(2,3)24(28)23(25(35)29(30,6)38-27)37-22(34)13-9-12-18-31-16-10-8-11-17-31;;/h7,20,23-25,32,35-36H,1,8-19H2,2-6H3;1H;1H2/t20-,23-,24-,25-,27-,28-,29+,30-;;/m0../s1. The highest BCUT2D eigenvalue weighted by atomic mass is 35.5. The van der Waals surface area contributed by atoms with Crippen LogP contribution < -0.4 is 0 Å². The SMILES string of the molecule is C=C[C@@]1(C)CC(=O)[C@]2(O)[C@@]3(C)[C@@H](O)CCC(C)(C)[C@@H]3[C@H](OC(=O)CCCCN3CCCCC3)[C@H](O)[C@@]2(C)O1.Cl.O. The molecule has 0 aromatic carbocycles. The van der Waals surface area contributed by atoms with Crippen molar-refractivity contribution in [3.05, 3.63) is 12.7 Å². The Kier molecular flexibility index (Phi) is 10.8. The number of ether oxygens (including phenoxy) is 2. The summed E-state index contributed by atoms with van der Waals surface area (Å²) in [5.74, 6) is -1.60. The van der Waals surface area contributed by atoms with Crippen molar-refractivity contribution >= 4 is 24.2 Å². The first kappa shape index (κ1) is 35.1. The quantitative estimate of drug-likeness (QED) is 0.233. The van der Waals surface area contributed by atoms with Crippen molar-refractivity contribution in [2.75, 3.05) is 19.6 Å². The molecule has 0 bridgehead atoms. The Balaban J connectivity index is 0.00000280. The maximum Gasteiger partial charge on any atom is 0.306 e. The molecule has 2 aliphatic heterocycles. The second-order valence-electron chi connectivity index (χ2n) is 13.6. The third kappa shape index (κ3) is 5.40. The monoisotopic (exact) mass is 589 g/mol. The lowest BCUT2D eigenvalue weighted by molar-refractivity contribution is -0.370. The minimum atomic E-state index is -2.19. The Bertz CT molecular complexity index is 941. The zero-order chi connectivity index (χ0) is 28.1. The molecule has 232 valence electrons. The van der Waals surface area contributed by atoms with Gasteiger partial charge >= 0.3 is 5.97 Å². The van der Waals surface area contributed by atoms with E-state index < -0.39 is 63.6 Å². The van der Waals surface area contributed by atoms with Gasteiger partial charge in [-0.25, -0.2) is 0 Å². The summed E-state index contributed by atoms with van der Waals surface area (Å²) in [6.07, 6.45) is 4.25. The summed E-state index contributed by atoms with van der Waals surface area (Å²) in [4.78, 5) is 29.4. The summed E-state index contributed by atoms with van der Waals surface area (Å²) < 4.78 is 12.4. The largest absolute Gasteiger partial charge is 0.459 e. The van der Waals surface area contributed by atoms with Crippen molar-refractivity contribution in [3.8, 4) is 0 Å². The Morgan fingerprint density at radius 3 is 2.35 bits per heavy atom. The molecule has 0 unspecified atom stereocenters. The number of carbonyl (C=O) groups excluding carboxylic acids is 2. The average molecular weight is 590 g/mol. The van der Waals surface area contributed by atoms with Crippen LogP contribution in [0.15, 0.2) is 12.7 Å². The number of Topliss-reactive ketones (excluding diaryl/α,β-unsaturated/α-hetero) is 1. The van der Waals surface area contributed by atoms with E-state index in [2.05, 4.69) is 11.5 Å². The zero-order valence-corrected chi connectivity index (χ0v) is 25.7. The lowest BCUT2D eigenvalue weighted by Gasteiger charge is -2.71. The molecule has 0 aromatic rings. The van der Waals surface area contributed by atoms with Gasteiger partial charge in [0.1, 0.15) is 17.8 Å². The molecule has 10 heteroatoms. The molecule has 2 aliphatic carbocycles. The molecule has 0 aromatic heterocycles. The van der Waals surface area contributed by atoms with Crippen molar-refractivity contribution in [1.82, 2.24) is 4.90 Å². The highest BCUT2D eigenvalue weighted by molar-refractivity contribution is 5.92. The lowest BCUT2D eigenvalue weighted by atomic mass is 9.40. The Morgan fingerprint density at radius 2 is 1.75 bits per heavy atom. The number of likely N-dealkylation sites (tertiary alicyclic amines) is 1. The van der Waals surface area contributed by atoms with Gasteiger partial charge in [-0.15, -0.1) is 19.0 Å². The van der Waals surface area contributed by atoms with Gasteiger partial charge in [0.15, 0.2) is 11.4 Å². The number of aliphatic hydroxyl groups is 3. The van der Waals surface area contributed by atoms with Crippen LogP contribution in [0.3, 0.4) is 0 Å². The first-order chi connectivity index (χ1) is 17.7. The molecule has 0 amide bonds. The average Bonchev–Trinajstić information content (AvgIpc) is 2.86. The van der Waals surface area contributed by atoms with Crippen molar-refractivity contribution < 1.29 is 39.9 Å². The third-order valence-electron chi connectivity index (χ3n) is 10.6. The molecule has 0 spiro atoms. The van der Waals surface area contributed by atoms with Crippen LogP contribution in [0.5, 0.6) is 0 Å². The molecule has 4 rings (SSSR count). The minimum absolute atomic E-state index is 0.